The van der Waals surface area contributed by atoms with Crippen LogP contribution in [0.2, 0.25) is 0 Å². The summed E-state index contributed by atoms with van der Waals surface area (Å²) in [4.78, 5) is 15.2. The summed E-state index contributed by atoms with van der Waals surface area (Å²) in [6.45, 7) is 9.50. The molecule has 0 aromatic carbocycles. The maximum absolute atomic E-state index is 12.7. The molecule has 1 atom stereocenters. The molecule has 1 aromatic heterocycles. The van der Waals surface area contributed by atoms with E-state index in [1.807, 2.05) is 0 Å². The van der Waals surface area contributed by atoms with Gasteiger partial charge in [0.15, 0.2) is 0 Å². The van der Waals surface area contributed by atoms with Crippen molar-refractivity contribution in [1.82, 2.24) is 14.8 Å². The average molecular weight is 332 g/mol. The number of likely N-dealkylation sites (N-methyl/N-ethyl adjacent to an activating group) is 1. The van der Waals surface area contributed by atoms with Crippen LogP contribution >= 0.6 is 0 Å². The molecule has 4 heteroatoms. The maximum atomic E-state index is 12.7. The Morgan fingerprint density at radius 1 is 1.17 bits per heavy atom. The van der Waals surface area contributed by atoms with Crippen LogP contribution in [0.1, 0.15) is 79.7 Å². The normalized spacial score (nSPS) is 22.9. The minimum Gasteiger partial charge on any atom is -0.350 e. The zero-order valence-corrected chi connectivity index (χ0v) is 15.6. The third kappa shape index (κ3) is 3.53. The number of amides is 1. The van der Waals surface area contributed by atoms with E-state index in [-0.39, 0.29) is 5.91 Å². The third-order valence-electron chi connectivity index (χ3n) is 6.07. The molecule has 2 fully saturated rings. The van der Waals surface area contributed by atoms with E-state index in [4.69, 9.17) is 0 Å². The van der Waals surface area contributed by atoms with E-state index in [1.54, 1.807) is 0 Å². The van der Waals surface area contributed by atoms with Crippen LogP contribution in [0.3, 0.4) is 0 Å². The molecule has 1 N–H and O–H groups in total. The van der Waals surface area contributed by atoms with Crippen molar-refractivity contribution in [2.24, 2.45) is 0 Å². The van der Waals surface area contributed by atoms with Gasteiger partial charge in [0.05, 0.1) is 5.56 Å². The van der Waals surface area contributed by atoms with Gasteiger partial charge in [0.25, 0.3) is 5.91 Å². The Morgan fingerprint density at radius 3 is 2.62 bits per heavy atom. The summed E-state index contributed by atoms with van der Waals surface area (Å²) in [5.41, 5.74) is 3.26. The Bertz CT molecular complexity index is 572. The molecule has 1 saturated heterocycles. The molecular weight excluding hydrogens is 298 g/mol. The number of nitrogens with one attached hydrogen (secondary N) is 1. The second-order valence-electron chi connectivity index (χ2n) is 7.58. The van der Waals surface area contributed by atoms with Gasteiger partial charge < -0.3 is 9.88 Å². The zero-order chi connectivity index (χ0) is 17.1. The first-order valence-corrected chi connectivity index (χ1v) is 9.82. The first-order chi connectivity index (χ1) is 11.6. The number of nitrogens with zero attached hydrogens (tertiary/aromatic N) is 2. The largest absolute Gasteiger partial charge is 0.350 e. The Labute approximate surface area is 146 Å². The van der Waals surface area contributed by atoms with Gasteiger partial charge in [-0.15, -0.1) is 0 Å². The van der Waals surface area contributed by atoms with Crippen molar-refractivity contribution >= 4 is 5.91 Å². The van der Waals surface area contributed by atoms with Gasteiger partial charge in [-0.3, -0.25) is 9.69 Å². The monoisotopic (exact) mass is 331 g/mol. The van der Waals surface area contributed by atoms with E-state index in [0.29, 0.717) is 12.1 Å². The van der Waals surface area contributed by atoms with Crippen LogP contribution in [-0.2, 0) is 0 Å². The van der Waals surface area contributed by atoms with E-state index in [1.165, 1.54) is 57.2 Å². The molecule has 2 heterocycles. The summed E-state index contributed by atoms with van der Waals surface area (Å²) in [5, 5.41) is 3.20. The molecule has 0 spiro atoms. The predicted molar refractivity (Wildman–Crippen MR) is 98.6 cm³/mol. The van der Waals surface area contributed by atoms with Gasteiger partial charge in [0.2, 0.25) is 0 Å². The fourth-order valence-corrected chi connectivity index (χ4v) is 4.76. The summed E-state index contributed by atoms with van der Waals surface area (Å²) < 4.78 is 2.42. The van der Waals surface area contributed by atoms with Crippen molar-refractivity contribution in [1.29, 1.82) is 0 Å². The fraction of sp³-hybridized carbons (Fsp3) is 0.750. The van der Waals surface area contributed by atoms with Gasteiger partial charge in [-0.2, -0.15) is 0 Å². The standard InChI is InChI=1S/C20H33N3O/c1-4-22-12-8-11-18(22)14-21-20(24)19-13-15(2)23(16(19)3)17-9-6-5-7-10-17/h13,17-18H,4-12,14H2,1-3H3,(H,21,24). The number of hydrogen-bond donors (Lipinski definition) is 1. The van der Waals surface area contributed by atoms with Gasteiger partial charge in [-0.05, 0) is 58.7 Å². The van der Waals surface area contributed by atoms with Gasteiger partial charge in [0.1, 0.15) is 0 Å². The first-order valence-electron chi connectivity index (χ1n) is 9.82. The number of carbonyl (C=O) groups is 1. The van der Waals surface area contributed by atoms with Crippen LogP contribution in [0.15, 0.2) is 6.07 Å². The number of rotatable bonds is 5. The molecule has 1 aliphatic heterocycles. The molecule has 2 aliphatic rings. The molecule has 4 nitrogen and oxygen atoms in total. The molecule has 1 saturated carbocycles. The Hall–Kier alpha value is -1.29. The summed E-state index contributed by atoms with van der Waals surface area (Å²) in [7, 11) is 0. The van der Waals surface area contributed by atoms with Crippen molar-refractivity contribution in [3.05, 3.63) is 23.0 Å². The summed E-state index contributed by atoms with van der Waals surface area (Å²) in [5.74, 6) is 0.105. The predicted octanol–water partition coefficient (Wildman–Crippen LogP) is 3.82. The minimum absolute atomic E-state index is 0.105. The lowest BCUT2D eigenvalue weighted by molar-refractivity contribution is 0.0940. The number of aryl methyl sites for hydroxylation is 1. The third-order valence-corrected chi connectivity index (χ3v) is 6.07. The number of hydrogen-bond acceptors (Lipinski definition) is 2. The Morgan fingerprint density at radius 2 is 1.92 bits per heavy atom. The van der Waals surface area contributed by atoms with Crippen molar-refractivity contribution in [3.63, 3.8) is 0 Å². The quantitative estimate of drug-likeness (QED) is 0.890. The molecule has 1 amide bonds. The highest BCUT2D eigenvalue weighted by molar-refractivity contribution is 5.95. The summed E-state index contributed by atoms with van der Waals surface area (Å²) >= 11 is 0. The van der Waals surface area contributed by atoms with Gasteiger partial charge in [-0.25, -0.2) is 0 Å². The number of carbonyl (C=O) groups excluding carboxylic acids is 1. The molecule has 134 valence electrons. The molecular formula is C20H33N3O. The van der Waals surface area contributed by atoms with Gasteiger partial charge in [-0.1, -0.05) is 26.2 Å². The smallest absolute Gasteiger partial charge is 0.253 e. The lowest BCUT2D eigenvalue weighted by Gasteiger charge is -2.26. The molecule has 1 aliphatic carbocycles. The molecule has 0 bridgehead atoms. The van der Waals surface area contributed by atoms with Gasteiger partial charge >= 0.3 is 0 Å². The van der Waals surface area contributed by atoms with Crippen LogP contribution < -0.4 is 5.32 Å². The average Bonchev–Trinajstić information content (AvgIpc) is 3.17. The summed E-state index contributed by atoms with van der Waals surface area (Å²) in [6, 6.07) is 3.19. The Balaban J connectivity index is 1.66. The van der Waals surface area contributed by atoms with E-state index < -0.39 is 0 Å². The topological polar surface area (TPSA) is 37.3 Å². The number of aromatic nitrogens is 1. The van der Waals surface area contributed by atoms with E-state index in [2.05, 4.69) is 41.6 Å². The molecule has 24 heavy (non-hydrogen) atoms. The molecule has 0 radical (unpaired) electrons. The van der Waals surface area contributed by atoms with Crippen LogP contribution in [-0.4, -0.2) is 41.1 Å². The van der Waals surface area contributed by atoms with Crippen LogP contribution in [0.4, 0.5) is 0 Å². The van der Waals surface area contributed by atoms with Crippen molar-refractivity contribution < 1.29 is 4.79 Å². The fourth-order valence-electron chi connectivity index (χ4n) is 4.76. The maximum Gasteiger partial charge on any atom is 0.253 e. The van der Waals surface area contributed by atoms with Crippen LogP contribution in [0.5, 0.6) is 0 Å². The molecule has 3 rings (SSSR count). The minimum atomic E-state index is 0.105. The van der Waals surface area contributed by atoms with E-state index in [0.717, 1.165) is 24.3 Å². The first kappa shape index (κ1) is 17.5. The second kappa shape index (κ2) is 7.73. The zero-order valence-electron chi connectivity index (χ0n) is 15.6. The number of likely N-dealkylation sites (tertiary alicyclic amines) is 1. The SMILES string of the molecule is CCN1CCCC1CNC(=O)c1cc(C)n(C2CCCCC2)c1C. The van der Waals surface area contributed by atoms with E-state index >= 15 is 0 Å². The van der Waals surface area contributed by atoms with Crippen molar-refractivity contribution in [2.75, 3.05) is 19.6 Å². The highest BCUT2D eigenvalue weighted by atomic mass is 16.1. The van der Waals surface area contributed by atoms with Crippen molar-refractivity contribution in [2.45, 2.75) is 77.8 Å². The lowest BCUT2D eigenvalue weighted by atomic mass is 9.95. The lowest BCUT2D eigenvalue weighted by Crippen LogP contribution is -2.40. The summed E-state index contributed by atoms with van der Waals surface area (Å²) in [6.07, 6.45) is 8.96. The molecule has 1 aromatic rings. The van der Waals surface area contributed by atoms with Crippen LogP contribution in [0, 0.1) is 13.8 Å². The second-order valence-corrected chi connectivity index (χ2v) is 7.58. The van der Waals surface area contributed by atoms with Crippen molar-refractivity contribution in [3.8, 4) is 0 Å². The highest BCUT2D eigenvalue weighted by Crippen LogP contribution is 2.32. The van der Waals surface area contributed by atoms with Gasteiger partial charge in [0, 0.05) is 30.0 Å². The highest BCUT2D eigenvalue weighted by Gasteiger charge is 2.25. The van der Waals surface area contributed by atoms with Crippen LogP contribution in [0.25, 0.3) is 0 Å². The Kier molecular flexibility index (Phi) is 5.65. The molecule has 1 unspecified atom stereocenters. The van der Waals surface area contributed by atoms with E-state index in [9.17, 15) is 4.79 Å².